The average Bonchev–Trinajstić information content (AvgIpc) is 3.25. The number of rotatable bonds is 9. The molecule has 0 aliphatic heterocycles. The van der Waals surface area contributed by atoms with E-state index in [1.54, 1.807) is 19.2 Å². The van der Waals surface area contributed by atoms with Gasteiger partial charge in [0, 0.05) is 12.1 Å². The fourth-order valence-corrected chi connectivity index (χ4v) is 3.40. The molecule has 0 heterocycles. The molecule has 1 N–H and O–H groups in total. The van der Waals surface area contributed by atoms with Gasteiger partial charge in [0.05, 0.1) is 20.3 Å². The summed E-state index contributed by atoms with van der Waals surface area (Å²) in [4.78, 5) is 12.6. The molecule has 0 saturated heterocycles. The Bertz CT molecular complexity index is 869. The fourth-order valence-electron chi connectivity index (χ4n) is 3.40. The Morgan fingerprint density at radius 2 is 1.70 bits per heavy atom. The van der Waals surface area contributed by atoms with Gasteiger partial charge in [-0.1, -0.05) is 6.07 Å². The number of carbonyl (C=O) groups excluding carboxylic acids is 1. The van der Waals surface area contributed by atoms with Gasteiger partial charge in [-0.2, -0.15) is 8.78 Å². The molecule has 30 heavy (non-hydrogen) atoms. The molecule has 6 nitrogen and oxygen atoms in total. The predicted molar refractivity (Wildman–Crippen MR) is 107 cm³/mol. The smallest absolute Gasteiger partial charge is 0.387 e. The zero-order chi connectivity index (χ0) is 21.5. The lowest BCUT2D eigenvalue weighted by Gasteiger charge is -2.17. The van der Waals surface area contributed by atoms with Crippen LogP contribution in [-0.2, 0) is 6.54 Å². The van der Waals surface area contributed by atoms with E-state index in [0.29, 0.717) is 17.1 Å². The molecule has 2 aromatic rings. The Morgan fingerprint density at radius 3 is 2.37 bits per heavy atom. The summed E-state index contributed by atoms with van der Waals surface area (Å²) in [5.74, 6) is 0.875. The Labute approximate surface area is 174 Å². The minimum Gasteiger partial charge on any atom is -0.493 e. The van der Waals surface area contributed by atoms with E-state index in [1.165, 1.54) is 25.3 Å². The molecule has 0 radical (unpaired) electrons. The number of hydrogen-bond acceptors (Lipinski definition) is 5. The molecule has 1 amide bonds. The highest BCUT2D eigenvalue weighted by atomic mass is 19.3. The number of nitrogens with one attached hydrogen (secondary N) is 1. The number of amides is 1. The van der Waals surface area contributed by atoms with Crippen LogP contribution < -0.4 is 24.3 Å². The molecule has 0 unspecified atom stereocenters. The van der Waals surface area contributed by atoms with Crippen molar-refractivity contribution in [3.05, 3.63) is 47.5 Å². The van der Waals surface area contributed by atoms with Crippen LogP contribution in [-0.4, -0.2) is 32.8 Å². The second-order valence-corrected chi connectivity index (χ2v) is 6.94. The van der Waals surface area contributed by atoms with Crippen molar-refractivity contribution >= 4 is 5.91 Å². The van der Waals surface area contributed by atoms with Crippen LogP contribution in [0.15, 0.2) is 36.4 Å². The quantitative estimate of drug-likeness (QED) is 0.643. The number of methoxy groups -OCH3 is 2. The maximum atomic E-state index is 12.7. The third kappa shape index (κ3) is 5.52. The van der Waals surface area contributed by atoms with Crippen LogP contribution in [0.3, 0.4) is 0 Å². The monoisotopic (exact) mass is 421 g/mol. The number of halogens is 2. The van der Waals surface area contributed by atoms with E-state index in [4.69, 9.17) is 14.2 Å². The number of ether oxygens (including phenoxy) is 4. The van der Waals surface area contributed by atoms with Crippen LogP contribution in [0.2, 0.25) is 0 Å². The molecule has 0 aromatic heterocycles. The van der Waals surface area contributed by atoms with E-state index in [9.17, 15) is 13.6 Å². The molecule has 1 aliphatic carbocycles. The van der Waals surface area contributed by atoms with E-state index in [2.05, 4.69) is 10.1 Å². The molecule has 1 saturated carbocycles. The lowest BCUT2D eigenvalue weighted by molar-refractivity contribution is -0.0520. The lowest BCUT2D eigenvalue weighted by Crippen LogP contribution is -2.23. The van der Waals surface area contributed by atoms with Crippen molar-refractivity contribution in [2.24, 2.45) is 0 Å². The Morgan fingerprint density at radius 1 is 1.00 bits per heavy atom. The van der Waals surface area contributed by atoms with E-state index in [-0.39, 0.29) is 30.1 Å². The zero-order valence-corrected chi connectivity index (χ0v) is 17.0. The number of benzene rings is 2. The van der Waals surface area contributed by atoms with Crippen LogP contribution >= 0.6 is 0 Å². The van der Waals surface area contributed by atoms with E-state index in [1.807, 2.05) is 6.07 Å². The highest BCUT2D eigenvalue weighted by molar-refractivity contribution is 5.94. The van der Waals surface area contributed by atoms with Crippen molar-refractivity contribution in [3.8, 4) is 23.0 Å². The normalized spacial score (nSPS) is 13.9. The third-order valence-corrected chi connectivity index (χ3v) is 4.92. The Hall–Kier alpha value is -3.03. The largest absolute Gasteiger partial charge is 0.493 e. The summed E-state index contributed by atoms with van der Waals surface area (Å²) < 4.78 is 46.3. The molecule has 162 valence electrons. The van der Waals surface area contributed by atoms with Crippen LogP contribution in [0.5, 0.6) is 23.0 Å². The summed E-state index contributed by atoms with van der Waals surface area (Å²) in [6.07, 6.45) is 3.70. The van der Waals surface area contributed by atoms with Crippen LogP contribution in [0.4, 0.5) is 8.78 Å². The van der Waals surface area contributed by atoms with Crippen molar-refractivity contribution in [2.75, 3.05) is 14.2 Å². The van der Waals surface area contributed by atoms with Crippen LogP contribution in [0, 0.1) is 0 Å². The first-order valence-electron chi connectivity index (χ1n) is 9.74. The summed E-state index contributed by atoms with van der Waals surface area (Å²) in [5, 5.41) is 2.81. The highest BCUT2D eigenvalue weighted by Gasteiger charge is 2.21. The van der Waals surface area contributed by atoms with Crippen molar-refractivity contribution in [2.45, 2.75) is 44.9 Å². The Balaban J connectivity index is 1.71. The summed E-state index contributed by atoms with van der Waals surface area (Å²) >= 11 is 0. The fraction of sp³-hybridized carbons (Fsp3) is 0.409. The standard InChI is InChI=1S/C22H25F2NO5/c1-27-17-9-7-14(11-19(17)28-2)13-25-21(26)15-8-10-18(30-22(23)24)20(12-15)29-16-5-3-4-6-16/h7-12,16,22H,3-6,13H2,1-2H3,(H,25,26). The zero-order valence-electron chi connectivity index (χ0n) is 17.0. The van der Waals surface area contributed by atoms with E-state index in [0.717, 1.165) is 31.2 Å². The van der Waals surface area contributed by atoms with Gasteiger partial charge in [0.25, 0.3) is 5.91 Å². The maximum Gasteiger partial charge on any atom is 0.387 e. The van der Waals surface area contributed by atoms with Crippen LogP contribution in [0.1, 0.15) is 41.6 Å². The molecule has 0 bridgehead atoms. The molecule has 0 atom stereocenters. The van der Waals surface area contributed by atoms with Gasteiger partial charge in [-0.3, -0.25) is 4.79 Å². The summed E-state index contributed by atoms with van der Waals surface area (Å²) in [6, 6.07) is 9.55. The van der Waals surface area contributed by atoms with Gasteiger partial charge in [0.15, 0.2) is 23.0 Å². The molecule has 3 rings (SSSR count). The predicted octanol–water partition coefficient (Wildman–Crippen LogP) is 4.56. The van der Waals surface area contributed by atoms with Gasteiger partial charge < -0.3 is 24.3 Å². The second kappa shape index (κ2) is 10.1. The van der Waals surface area contributed by atoms with Gasteiger partial charge in [-0.15, -0.1) is 0 Å². The maximum absolute atomic E-state index is 12.7. The first kappa shape index (κ1) is 21.7. The molecule has 0 spiro atoms. The number of hydrogen-bond donors (Lipinski definition) is 1. The molecular formula is C22H25F2NO5. The summed E-state index contributed by atoms with van der Waals surface area (Å²) in [6.45, 7) is -2.71. The first-order valence-corrected chi connectivity index (χ1v) is 9.74. The summed E-state index contributed by atoms with van der Waals surface area (Å²) in [7, 11) is 3.08. The molecule has 1 fully saturated rings. The Kier molecular flexibility index (Phi) is 7.32. The molecule has 2 aromatic carbocycles. The lowest BCUT2D eigenvalue weighted by atomic mass is 10.1. The molecule has 1 aliphatic rings. The summed E-state index contributed by atoms with van der Waals surface area (Å²) in [5.41, 5.74) is 1.12. The van der Waals surface area contributed by atoms with Gasteiger partial charge in [0.1, 0.15) is 0 Å². The molecule has 8 heteroatoms. The van der Waals surface area contributed by atoms with Gasteiger partial charge in [-0.25, -0.2) is 0 Å². The van der Waals surface area contributed by atoms with Crippen LogP contribution in [0.25, 0.3) is 0 Å². The van der Waals surface area contributed by atoms with Gasteiger partial charge in [0.2, 0.25) is 0 Å². The van der Waals surface area contributed by atoms with E-state index >= 15 is 0 Å². The topological polar surface area (TPSA) is 66.0 Å². The highest BCUT2D eigenvalue weighted by Crippen LogP contribution is 2.34. The van der Waals surface area contributed by atoms with Crippen molar-refractivity contribution in [1.82, 2.24) is 5.32 Å². The van der Waals surface area contributed by atoms with Gasteiger partial charge >= 0.3 is 6.61 Å². The van der Waals surface area contributed by atoms with Gasteiger partial charge in [-0.05, 0) is 61.6 Å². The van der Waals surface area contributed by atoms with E-state index < -0.39 is 6.61 Å². The molecular weight excluding hydrogens is 396 g/mol. The van der Waals surface area contributed by atoms with Crippen molar-refractivity contribution in [3.63, 3.8) is 0 Å². The average molecular weight is 421 g/mol. The first-order chi connectivity index (χ1) is 14.5. The third-order valence-electron chi connectivity index (χ3n) is 4.92. The minimum absolute atomic E-state index is 0.0601. The SMILES string of the molecule is COc1ccc(CNC(=O)c2ccc(OC(F)F)c(OC3CCCC3)c2)cc1OC. The minimum atomic E-state index is -2.97. The number of alkyl halides is 2. The second-order valence-electron chi connectivity index (χ2n) is 6.94. The van der Waals surface area contributed by atoms with Crippen molar-refractivity contribution < 1.29 is 32.5 Å². The van der Waals surface area contributed by atoms with Crippen molar-refractivity contribution in [1.29, 1.82) is 0 Å². The number of carbonyl (C=O) groups is 1.